The van der Waals surface area contributed by atoms with Gasteiger partial charge in [0, 0.05) is 0 Å². The largest absolute Gasteiger partial charge is 0.378 e. The Hall–Kier alpha value is -2.17. The summed E-state index contributed by atoms with van der Waals surface area (Å²) in [4.78, 5) is 12.6. The van der Waals surface area contributed by atoms with Gasteiger partial charge in [0.1, 0.15) is 5.60 Å². The van der Waals surface area contributed by atoms with E-state index in [4.69, 9.17) is 0 Å². The Morgan fingerprint density at radius 1 is 1.12 bits per heavy atom. The number of carbonyl (C=O) groups is 1. The van der Waals surface area contributed by atoms with Crippen LogP contribution in [-0.2, 0) is 10.4 Å². The van der Waals surface area contributed by atoms with Crippen molar-refractivity contribution in [2.45, 2.75) is 44.4 Å². The van der Waals surface area contributed by atoms with E-state index in [1.54, 1.807) is 0 Å². The molecule has 1 saturated heterocycles. The summed E-state index contributed by atoms with van der Waals surface area (Å²) in [6.07, 6.45) is 1.52. The average molecular weight is 352 g/mol. The van der Waals surface area contributed by atoms with E-state index in [1.165, 1.54) is 0 Å². The molecule has 0 saturated carbocycles. The predicted molar refractivity (Wildman–Crippen MR) is 104 cm³/mol. The van der Waals surface area contributed by atoms with Gasteiger partial charge in [0.25, 0.3) is 0 Å². The summed E-state index contributed by atoms with van der Waals surface area (Å²) in [7, 11) is 0. The Kier molecular flexibility index (Phi) is 5.74. The number of carbonyl (C=O) groups excluding carboxylic acids is 1. The molecule has 1 fully saturated rings. The van der Waals surface area contributed by atoms with Gasteiger partial charge in [-0.05, 0) is 36.4 Å². The van der Waals surface area contributed by atoms with Crippen LogP contribution in [0.5, 0.6) is 0 Å². The lowest BCUT2D eigenvalue weighted by atomic mass is 9.77. The third kappa shape index (κ3) is 3.81. The summed E-state index contributed by atoms with van der Waals surface area (Å²) in [5, 5.41) is 18.2. The smallest absolute Gasteiger partial charge is 0.237 e. The summed E-state index contributed by atoms with van der Waals surface area (Å²) in [6.45, 7) is 5.09. The zero-order valence-electron chi connectivity index (χ0n) is 15.5. The lowest BCUT2D eigenvalue weighted by molar-refractivity contribution is -0.127. The van der Waals surface area contributed by atoms with Crippen LogP contribution in [0.25, 0.3) is 0 Å². The number of amides is 1. The minimum absolute atomic E-state index is 0.0350. The van der Waals surface area contributed by atoms with E-state index in [1.807, 2.05) is 60.7 Å². The van der Waals surface area contributed by atoms with Gasteiger partial charge in [-0.25, -0.2) is 0 Å². The minimum Gasteiger partial charge on any atom is -0.378 e. The van der Waals surface area contributed by atoms with E-state index in [2.05, 4.69) is 24.5 Å². The van der Waals surface area contributed by atoms with Gasteiger partial charge >= 0.3 is 0 Å². The molecule has 3 rings (SSSR count). The Balaban J connectivity index is 2.02. The summed E-state index contributed by atoms with van der Waals surface area (Å²) in [5.41, 5.74) is 0.295. The van der Waals surface area contributed by atoms with Gasteiger partial charge in [-0.2, -0.15) is 0 Å². The van der Waals surface area contributed by atoms with E-state index >= 15 is 0 Å². The van der Waals surface area contributed by atoms with Crippen molar-refractivity contribution in [3.05, 3.63) is 71.8 Å². The normalized spacial score (nSPS) is 18.2. The molecular weight excluding hydrogens is 324 g/mol. The van der Waals surface area contributed by atoms with Crippen molar-refractivity contribution in [2.75, 3.05) is 6.54 Å². The highest BCUT2D eigenvalue weighted by Crippen LogP contribution is 2.35. The fourth-order valence-electron chi connectivity index (χ4n) is 3.54. The van der Waals surface area contributed by atoms with Crippen LogP contribution in [0.2, 0.25) is 0 Å². The first-order valence-electron chi connectivity index (χ1n) is 9.39. The van der Waals surface area contributed by atoms with Gasteiger partial charge in [-0.1, -0.05) is 74.5 Å². The maximum Gasteiger partial charge on any atom is 0.237 e. The van der Waals surface area contributed by atoms with Crippen molar-refractivity contribution in [3.63, 3.8) is 0 Å². The molecule has 4 nitrogen and oxygen atoms in total. The highest BCUT2D eigenvalue weighted by atomic mass is 16.3. The molecule has 0 spiro atoms. The molecule has 1 aliphatic heterocycles. The van der Waals surface area contributed by atoms with Crippen LogP contribution in [-0.4, -0.2) is 29.6 Å². The molecule has 2 atom stereocenters. The third-order valence-corrected chi connectivity index (χ3v) is 5.10. The molecule has 0 aliphatic carbocycles. The number of benzene rings is 2. The van der Waals surface area contributed by atoms with E-state index < -0.39 is 11.6 Å². The Morgan fingerprint density at radius 2 is 1.62 bits per heavy atom. The molecule has 0 unspecified atom stereocenters. The summed E-state index contributed by atoms with van der Waals surface area (Å²) >= 11 is 0. The number of rotatable bonds is 7. The van der Waals surface area contributed by atoms with Crippen LogP contribution in [0.15, 0.2) is 60.7 Å². The number of aliphatic hydroxyl groups is 1. The second-order valence-corrected chi connectivity index (χ2v) is 7.48. The predicted octanol–water partition coefficient (Wildman–Crippen LogP) is 2.82. The van der Waals surface area contributed by atoms with Crippen LogP contribution >= 0.6 is 0 Å². The van der Waals surface area contributed by atoms with Gasteiger partial charge in [0.2, 0.25) is 5.91 Å². The lowest BCUT2D eigenvalue weighted by Crippen LogP contribution is -2.59. The van der Waals surface area contributed by atoms with Crippen LogP contribution in [0.3, 0.4) is 0 Å². The molecule has 1 aliphatic rings. The first-order chi connectivity index (χ1) is 12.5. The van der Waals surface area contributed by atoms with E-state index in [9.17, 15) is 9.90 Å². The van der Waals surface area contributed by atoms with Crippen LogP contribution in [0, 0.1) is 5.92 Å². The Labute approximate surface area is 155 Å². The van der Waals surface area contributed by atoms with Gasteiger partial charge in [-0.15, -0.1) is 0 Å². The fraction of sp³-hybridized carbons (Fsp3) is 0.409. The molecule has 4 heteroatoms. The van der Waals surface area contributed by atoms with Crippen molar-refractivity contribution in [1.82, 2.24) is 10.6 Å². The lowest BCUT2D eigenvalue weighted by Gasteiger charge is -2.40. The highest BCUT2D eigenvalue weighted by molar-refractivity contribution is 5.83. The molecule has 2 aromatic carbocycles. The maximum absolute atomic E-state index is 12.6. The van der Waals surface area contributed by atoms with Gasteiger partial charge in [0.05, 0.1) is 12.1 Å². The summed E-state index contributed by atoms with van der Waals surface area (Å²) in [6, 6.07) is 18.7. The zero-order chi connectivity index (χ0) is 18.6. The third-order valence-electron chi connectivity index (χ3n) is 5.10. The monoisotopic (exact) mass is 352 g/mol. The second kappa shape index (κ2) is 8.02. The number of nitrogens with one attached hydrogen (secondary N) is 2. The topological polar surface area (TPSA) is 61.4 Å². The van der Waals surface area contributed by atoms with Crippen LogP contribution in [0.4, 0.5) is 0 Å². The molecule has 1 amide bonds. The maximum atomic E-state index is 12.6. The average Bonchev–Trinajstić information content (AvgIpc) is 2.60. The van der Waals surface area contributed by atoms with E-state index in [0.717, 1.165) is 24.1 Å². The Morgan fingerprint density at radius 3 is 2.00 bits per heavy atom. The van der Waals surface area contributed by atoms with Crippen molar-refractivity contribution in [2.24, 2.45) is 5.92 Å². The van der Waals surface area contributed by atoms with Crippen molar-refractivity contribution in [1.29, 1.82) is 0 Å². The molecule has 138 valence electrons. The van der Waals surface area contributed by atoms with Crippen LogP contribution in [0.1, 0.15) is 37.8 Å². The first kappa shape index (κ1) is 18.6. The van der Waals surface area contributed by atoms with E-state index in [-0.39, 0.29) is 11.9 Å². The molecular formula is C22H28N2O2. The SMILES string of the molecule is CC(C)C[C@H](NC(=O)[C@@H]1CCN1)C(O)(c1ccccc1)c1ccccc1. The van der Waals surface area contributed by atoms with Gasteiger partial charge in [0.15, 0.2) is 0 Å². The standard InChI is InChI=1S/C22H28N2O2/c1-16(2)15-20(24-21(25)19-13-14-23-19)22(26,17-9-5-3-6-10-17)18-11-7-4-8-12-18/h3-12,16,19-20,23,26H,13-15H2,1-2H3,(H,24,25)/t19-,20-/m0/s1. The van der Waals surface area contributed by atoms with E-state index in [0.29, 0.717) is 12.3 Å². The molecule has 1 heterocycles. The zero-order valence-corrected chi connectivity index (χ0v) is 15.5. The van der Waals surface area contributed by atoms with Gasteiger partial charge in [-0.3, -0.25) is 4.79 Å². The quantitative estimate of drug-likeness (QED) is 0.718. The molecule has 26 heavy (non-hydrogen) atoms. The van der Waals surface area contributed by atoms with Crippen molar-refractivity contribution < 1.29 is 9.90 Å². The Bertz CT molecular complexity index is 672. The molecule has 0 aromatic heterocycles. The summed E-state index contributed by atoms with van der Waals surface area (Å²) < 4.78 is 0. The van der Waals surface area contributed by atoms with Gasteiger partial charge < -0.3 is 15.7 Å². The summed E-state index contributed by atoms with van der Waals surface area (Å²) in [5.74, 6) is 0.292. The number of hydrogen-bond donors (Lipinski definition) is 3. The highest BCUT2D eigenvalue weighted by Gasteiger charge is 2.42. The molecule has 0 radical (unpaired) electrons. The van der Waals surface area contributed by atoms with Crippen molar-refractivity contribution in [3.8, 4) is 0 Å². The molecule has 3 N–H and O–H groups in total. The second-order valence-electron chi connectivity index (χ2n) is 7.48. The van der Waals surface area contributed by atoms with Crippen molar-refractivity contribution >= 4 is 5.91 Å². The number of hydrogen-bond acceptors (Lipinski definition) is 3. The minimum atomic E-state index is -1.29. The first-order valence-corrected chi connectivity index (χ1v) is 9.39. The fourth-order valence-corrected chi connectivity index (χ4v) is 3.54. The molecule has 0 bridgehead atoms. The molecule has 2 aromatic rings. The van der Waals surface area contributed by atoms with Crippen LogP contribution < -0.4 is 10.6 Å².